The van der Waals surface area contributed by atoms with E-state index in [0.29, 0.717) is 18.9 Å². The maximum atomic E-state index is 11.4. The third kappa shape index (κ3) is 8.66. The number of carboxylic acid groups (broad SMARTS) is 2. The van der Waals surface area contributed by atoms with Crippen LogP contribution in [0.5, 0.6) is 0 Å². The zero-order chi connectivity index (χ0) is 25.3. The summed E-state index contributed by atoms with van der Waals surface area (Å²) in [6, 6.07) is 10.3. The molecule has 2 saturated heterocycles. The smallest absolute Gasteiger partial charge is 0.300 e. The van der Waals surface area contributed by atoms with Crippen LogP contribution in [0.4, 0.5) is 11.8 Å². The number of carbonyl (C=O) groups excluding carboxylic acids is 1. The molecule has 0 saturated carbocycles. The number of hydrogen-bond acceptors (Lipinski definition) is 8. The SMILES string of the molecule is CC(=O)O.CC(=O)O.CN1CCN(c2cc(-c3ccc(C4CNC(=O)C4)cc3)nc(N)n2)CC1. The predicted octanol–water partition coefficient (Wildman–Crippen LogP) is 1.26. The molecule has 1 atom stereocenters. The van der Waals surface area contributed by atoms with Gasteiger partial charge in [-0.25, -0.2) is 4.98 Å². The first-order valence-electron chi connectivity index (χ1n) is 10.9. The first kappa shape index (κ1) is 26.5. The molecule has 0 spiro atoms. The van der Waals surface area contributed by atoms with Crippen LogP contribution in [-0.2, 0) is 14.4 Å². The summed E-state index contributed by atoms with van der Waals surface area (Å²) >= 11 is 0. The van der Waals surface area contributed by atoms with Crippen molar-refractivity contribution in [2.75, 3.05) is 50.4 Å². The van der Waals surface area contributed by atoms with E-state index in [0.717, 1.165) is 57.1 Å². The number of carboxylic acids is 2. The summed E-state index contributed by atoms with van der Waals surface area (Å²) in [5.74, 6) is -0.103. The lowest BCUT2D eigenvalue weighted by Crippen LogP contribution is -2.44. The molecule has 1 unspecified atom stereocenters. The Morgan fingerprint density at radius 1 is 1.03 bits per heavy atom. The molecule has 1 aromatic heterocycles. The van der Waals surface area contributed by atoms with E-state index in [1.54, 1.807) is 0 Å². The fraction of sp³-hybridized carbons (Fsp3) is 0.435. The highest BCUT2D eigenvalue weighted by molar-refractivity contribution is 5.79. The Kier molecular flexibility index (Phi) is 9.75. The number of piperazine rings is 1. The van der Waals surface area contributed by atoms with Crippen molar-refractivity contribution in [2.24, 2.45) is 0 Å². The highest BCUT2D eigenvalue weighted by Crippen LogP contribution is 2.27. The molecule has 2 aliphatic heterocycles. The number of amides is 1. The van der Waals surface area contributed by atoms with Gasteiger partial charge in [-0.2, -0.15) is 4.98 Å². The number of aliphatic carboxylic acids is 2. The van der Waals surface area contributed by atoms with Crippen LogP contribution in [0.1, 0.15) is 31.7 Å². The van der Waals surface area contributed by atoms with Gasteiger partial charge in [-0.1, -0.05) is 24.3 Å². The standard InChI is InChI=1S/C19H24N6O.2C2H4O2/c1-24-6-8-25(9-7-24)17-11-16(22-19(20)23-17)14-4-2-13(3-5-14)15-10-18(26)21-12-15;2*1-2(3)4/h2-5,11,15H,6-10,12H2,1H3,(H,21,26)(H2,20,22,23);2*1H3,(H,3,4). The summed E-state index contributed by atoms with van der Waals surface area (Å²) in [4.78, 5) is 42.8. The maximum absolute atomic E-state index is 11.4. The van der Waals surface area contributed by atoms with Gasteiger partial charge in [-0.05, 0) is 12.6 Å². The van der Waals surface area contributed by atoms with Gasteiger partial charge in [0.25, 0.3) is 11.9 Å². The number of nitrogens with one attached hydrogen (secondary N) is 1. The molecule has 5 N–H and O–H groups in total. The number of rotatable bonds is 3. The Bertz CT molecular complexity index is 970. The molecular formula is C23H32N6O5. The third-order valence-corrected chi connectivity index (χ3v) is 5.21. The van der Waals surface area contributed by atoms with Gasteiger partial charge in [0.15, 0.2) is 0 Å². The Hall–Kier alpha value is -3.73. The van der Waals surface area contributed by atoms with Crippen LogP contribution in [0.25, 0.3) is 11.3 Å². The first-order chi connectivity index (χ1) is 16.0. The summed E-state index contributed by atoms with van der Waals surface area (Å²) in [6.45, 7) is 6.79. The Morgan fingerprint density at radius 2 is 1.59 bits per heavy atom. The highest BCUT2D eigenvalue weighted by atomic mass is 16.4. The average molecular weight is 473 g/mol. The van der Waals surface area contributed by atoms with Gasteiger partial charge in [-0.15, -0.1) is 0 Å². The van der Waals surface area contributed by atoms with E-state index in [9.17, 15) is 4.79 Å². The maximum Gasteiger partial charge on any atom is 0.300 e. The minimum atomic E-state index is -0.833. The van der Waals surface area contributed by atoms with Gasteiger partial charge in [0.2, 0.25) is 11.9 Å². The van der Waals surface area contributed by atoms with Gasteiger partial charge in [0.1, 0.15) is 5.82 Å². The molecule has 184 valence electrons. The van der Waals surface area contributed by atoms with Crippen molar-refractivity contribution in [3.8, 4) is 11.3 Å². The summed E-state index contributed by atoms with van der Waals surface area (Å²) < 4.78 is 0. The van der Waals surface area contributed by atoms with Gasteiger partial charge in [-0.3, -0.25) is 14.4 Å². The van der Waals surface area contributed by atoms with Gasteiger partial charge in [0, 0.05) is 70.5 Å². The number of nitrogens with zero attached hydrogens (tertiary/aromatic N) is 4. The Balaban J connectivity index is 0.000000446. The number of nitrogen functional groups attached to an aromatic ring is 1. The quantitative estimate of drug-likeness (QED) is 0.511. The topological polar surface area (TPSA) is 162 Å². The summed E-state index contributed by atoms with van der Waals surface area (Å²) in [5, 5.41) is 17.7. The number of carbonyl (C=O) groups is 3. The van der Waals surface area contributed by atoms with Crippen LogP contribution in [0, 0.1) is 0 Å². The molecule has 11 nitrogen and oxygen atoms in total. The van der Waals surface area contributed by atoms with E-state index >= 15 is 0 Å². The molecule has 0 radical (unpaired) electrons. The Labute approximate surface area is 198 Å². The lowest BCUT2D eigenvalue weighted by atomic mass is 9.96. The Morgan fingerprint density at radius 3 is 2.09 bits per heavy atom. The summed E-state index contributed by atoms with van der Waals surface area (Å²) in [6.07, 6.45) is 0.563. The molecule has 4 rings (SSSR count). The van der Waals surface area contributed by atoms with E-state index in [-0.39, 0.29) is 11.8 Å². The summed E-state index contributed by atoms with van der Waals surface area (Å²) in [5.41, 5.74) is 8.99. The fourth-order valence-electron chi connectivity index (χ4n) is 3.56. The largest absolute Gasteiger partial charge is 0.481 e. The molecule has 2 fully saturated rings. The normalized spacial score (nSPS) is 17.6. The number of hydrogen-bond donors (Lipinski definition) is 4. The van der Waals surface area contributed by atoms with Crippen molar-refractivity contribution in [3.05, 3.63) is 35.9 Å². The molecule has 3 heterocycles. The van der Waals surface area contributed by atoms with Crippen molar-refractivity contribution in [2.45, 2.75) is 26.2 Å². The molecule has 34 heavy (non-hydrogen) atoms. The van der Waals surface area contributed by atoms with E-state index in [1.165, 1.54) is 5.56 Å². The lowest BCUT2D eigenvalue weighted by Gasteiger charge is -2.33. The fourth-order valence-corrected chi connectivity index (χ4v) is 3.56. The van der Waals surface area contributed by atoms with E-state index in [4.69, 9.17) is 25.5 Å². The molecular weight excluding hydrogens is 440 g/mol. The van der Waals surface area contributed by atoms with Gasteiger partial charge < -0.3 is 31.1 Å². The molecule has 0 aliphatic carbocycles. The molecule has 1 aromatic carbocycles. The molecule has 0 bridgehead atoms. The number of aromatic nitrogens is 2. The van der Waals surface area contributed by atoms with Crippen molar-refractivity contribution >= 4 is 29.6 Å². The lowest BCUT2D eigenvalue weighted by molar-refractivity contribution is -0.135. The van der Waals surface area contributed by atoms with Crippen LogP contribution in [-0.4, -0.2) is 82.7 Å². The third-order valence-electron chi connectivity index (χ3n) is 5.21. The summed E-state index contributed by atoms with van der Waals surface area (Å²) in [7, 11) is 2.13. The number of anilines is 2. The monoisotopic (exact) mass is 472 g/mol. The molecule has 2 aromatic rings. The van der Waals surface area contributed by atoms with Crippen molar-refractivity contribution < 1.29 is 24.6 Å². The van der Waals surface area contributed by atoms with Gasteiger partial charge in [0.05, 0.1) is 5.69 Å². The first-order valence-corrected chi connectivity index (χ1v) is 10.9. The zero-order valence-electron chi connectivity index (χ0n) is 19.7. The second-order valence-electron chi connectivity index (χ2n) is 8.13. The number of nitrogens with two attached hydrogens (primary N) is 1. The predicted molar refractivity (Wildman–Crippen MR) is 129 cm³/mol. The van der Waals surface area contributed by atoms with Gasteiger partial charge >= 0.3 is 0 Å². The zero-order valence-corrected chi connectivity index (χ0v) is 19.7. The van der Waals surface area contributed by atoms with E-state index < -0.39 is 11.9 Å². The van der Waals surface area contributed by atoms with Crippen LogP contribution in [0.3, 0.4) is 0 Å². The number of likely N-dealkylation sites (N-methyl/N-ethyl adjacent to an activating group) is 1. The molecule has 11 heteroatoms. The van der Waals surface area contributed by atoms with Crippen LogP contribution < -0.4 is 16.0 Å². The second-order valence-corrected chi connectivity index (χ2v) is 8.13. The van der Waals surface area contributed by atoms with Crippen LogP contribution >= 0.6 is 0 Å². The highest BCUT2D eigenvalue weighted by Gasteiger charge is 2.23. The molecule has 2 aliphatic rings. The van der Waals surface area contributed by atoms with Crippen LogP contribution in [0.15, 0.2) is 30.3 Å². The van der Waals surface area contributed by atoms with E-state index in [2.05, 4.69) is 44.3 Å². The van der Waals surface area contributed by atoms with Crippen molar-refractivity contribution in [3.63, 3.8) is 0 Å². The van der Waals surface area contributed by atoms with Crippen molar-refractivity contribution in [1.82, 2.24) is 20.2 Å². The molecule has 1 amide bonds. The average Bonchev–Trinajstić information content (AvgIpc) is 3.19. The number of benzene rings is 1. The van der Waals surface area contributed by atoms with Crippen LogP contribution in [0.2, 0.25) is 0 Å². The minimum Gasteiger partial charge on any atom is -0.481 e. The second kappa shape index (κ2) is 12.5. The van der Waals surface area contributed by atoms with Crippen molar-refractivity contribution in [1.29, 1.82) is 0 Å². The van der Waals surface area contributed by atoms with E-state index in [1.807, 2.05) is 18.2 Å². The minimum absolute atomic E-state index is 0.125.